The summed E-state index contributed by atoms with van der Waals surface area (Å²) in [5.74, 6) is 0.198. The van der Waals surface area contributed by atoms with Crippen molar-refractivity contribution < 1.29 is 22.7 Å². The van der Waals surface area contributed by atoms with Crippen molar-refractivity contribution >= 4 is 16.8 Å². The average molecular weight is 420 g/mol. The van der Waals surface area contributed by atoms with Crippen molar-refractivity contribution in [2.45, 2.75) is 51.6 Å². The fourth-order valence-electron chi connectivity index (χ4n) is 2.98. The van der Waals surface area contributed by atoms with Crippen molar-refractivity contribution in [3.63, 3.8) is 0 Å². The van der Waals surface area contributed by atoms with Crippen LogP contribution in [0.2, 0.25) is 0 Å². The number of hydrogen-bond acceptors (Lipinski definition) is 3. The van der Waals surface area contributed by atoms with Gasteiger partial charge < -0.3 is 10.5 Å². The number of fused-ring (bicyclic) bond motifs is 1. The van der Waals surface area contributed by atoms with Crippen LogP contribution in [0.25, 0.3) is 10.9 Å². The standard InChI is InChI=1S/C23H27F3N2O2/c1-17(15-22(27)29)9-7-5-3-2-4-6-8-14-30-19-11-12-20-18(16-19)10-13-21(28-20)23(24,25)26/h7,9-13,15-16H,2-6,8,14H2,1H3,(H2,27,29)/b9-7+,17-15+. The van der Waals surface area contributed by atoms with E-state index in [1.807, 2.05) is 19.1 Å². The molecule has 4 nitrogen and oxygen atoms in total. The Balaban J connectivity index is 1.63. The molecule has 1 amide bonds. The van der Waals surface area contributed by atoms with Crippen molar-refractivity contribution in [3.8, 4) is 5.75 Å². The Kier molecular flexibility index (Phi) is 8.89. The van der Waals surface area contributed by atoms with Gasteiger partial charge in [0.15, 0.2) is 0 Å². The quantitative estimate of drug-likeness (QED) is 0.277. The second-order valence-electron chi connectivity index (χ2n) is 7.15. The van der Waals surface area contributed by atoms with Crippen LogP contribution in [0.3, 0.4) is 0 Å². The number of nitrogens with two attached hydrogens (primary N) is 1. The molecule has 1 aromatic carbocycles. The molecule has 0 fully saturated rings. The third-order valence-electron chi connectivity index (χ3n) is 4.49. The summed E-state index contributed by atoms with van der Waals surface area (Å²) in [5.41, 5.74) is 5.34. The van der Waals surface area contributed by atoms with Crippen LogP contribution in [0.4, 0.5) is 13.2 Å². The highest BCUT2D eigenvalue weighted by Gasteiger charge is 2.32. The van der Waals surface area contributed by atoms with Crippen LogP contribution in [0.1, 0.15) is 51.1 Å². The third kappa shape index (κ3) is 8.27. The monoisotopic (exact) mass is 420 g/mol. The Morgan fingerprint density at radius 2 is 1.83 bits per heavy atom. The molecule has 2 rings (SSSR count). The zero-order chi connectivity index (χ0) is 22.0. The van der Waals surface area contributed by atoms with Crippen LogP contribution >= 0.6 is 0 Å². The van der Waals surface area contributed by atoms with Crippen molar-refractivity contribution in [3.05, 3.63) is 59.8 Å². The molecule has 0 aliphatic heterocycles. The lowest BCUT2D eigenvalue weighted by atomic mass is 10.1. The number of amides is 1. The van der Waals surface area contributed by atoms with Gasteiger partial charge in [0.05, 0.1) is 12.1 Å². The average Bonchev–Trinajstić information content (AvgIpc) is 2.67. The predicted molar refractivity (Wildman–Crippen MR) is 112 cm³/mol. The van der Waals surface area contributed by atoms with E-state index in [0.29, 0.717) is 23.3 Å². The van der Waals surface area contributed by atoms with Crippen LogP contribution < -0.4 is 10.5 Å². The molecule has 162 valence electrons. The zero-order valence-corrected chi connectivity index (χ0v) is 17.0. The second-order valence-corrected chi connectivity index (χ2v) is 7.15. The molecule has 0 unspecified atom stereocenters. The second kappa shape index (κ2) is 11.4. The van der Waals surface area contributed by atoms with Gasteiger partial charge in [0.2, 0.25) is 5.91 Å². The highest BCUT2D eigenvalue weighted by molar-refractivity contribution is 5.86. The molecular formula is C23H27F3N2O2. The number of benzene rings is 1. The fourth-order valence-corrected chi connectivity index (χ4v) is 2.98. The molecule has 0 saturated heterocycles. The number of alkyl halides is 3. The number of rotatable bonds is 11. The summed E-state index contributed by atoms with van der Waals surface area (Å²) < 4.78 is 43.9. The van der Waals surface area contributed by atoms with Crippen LogP contribution in [-0.2, 0) is 11.0 Å². The Labute approximate surface area is 174 Å². The van der Waals surface area contributed by atoms with Crippen molar-refractivity contribution in [2.24, 2.45) is 5.73 Å². The molecule has 0 aliphatic rings. The van der Waals surface area contributed by atoms with E-state index in [1.54, 1.807) is 18.2 Å². The number of ether oxygens (including phenoxy) is 1. The first-order valence-corrected chi connectivity index (χ1v) is 10.0. The van der Waals surface area contributed by atoms with Crippen molar-refractivity contribution in [1.82, 2.24) is 4.98 Å². The van der Waals surface area contributed by atoms with Gasteiger partial charge in [-0.3, -0.25) is 4.79 Å². The van der Waals surface area contributed by atoms with Gasteiger partial charge in [-0.05, 0) is 56.0 Å². The lowest BCUT2D eigenvalue weighted by Gasteiger charge is -2.09. The van der Waals surface area contributed by atoms with Crippen molar-refractivity contribution in [2.75, 3.05) is 6.61 Å². The van der Waals surface area contributed by atoms with Gasteiger partial charge in [0, 0.05) is 11.5 Å². The van der Waals surface area contributed by atoms with Gasteiger partial charge in [-0.15, -0.1) is 0 Å². The summed E-state index contributed by atoms with van der Waals surface area (Å²) >= 11 is 0. The smallest absolute Gasteiger partial charge is 0.433 e. The molecule has 0 aliphatic carbocycles. The van der Waals surface area contributed by atoms with Gasteiger partial charge >= 0.3 is 6.18 Å². The summed E-state index contributed by atoms with van der Waals surface area (Å²) in [6, 6.07) is 7.31. The van der Waals surface area contributed by atoms with Crippen LogP contribution in [0, 0.1) is 0 Å². The summed E-state index contributed by atoms with van der Waals surface area (Å²) in [4.78, 5) is 14.4. The molecular weight excluding hydrogens is 393 g/mol. The number of allylic oxidation sites excluding steroid dienone is 3. The molecule has 30 heavy (non-hydrogen) atoms. The molecule has 1 aromatic heterocycles. The molecule has 0 bridgehead atoms. The fraction of sp³-hybridized carbons (Fsp3) is 0.391. The van der Waals surface area contributed by atoms with E-state index in [9.17, 15) is 18.0 Å². The highest BCUT2D eigenvalue weighted by Crippen LogP contribution is 2.29. The number of pyridine rings is 1. The number of carbonyl (C=O) groups is 1. The first-order valence-electron chi connectivity index (χ1n) is 10.0. The van der Waals surface area contributed by atoms with E-state index in [0.717, 1.165) is 50.2 Å². The number of carbonyl (C=O) groups excluding carboxylic acids is 1. The number of primary amides is 1. The Morgan fingerprint density at radius 1 is 1.10 bits per heavy atom. The van der Waals surface area contributed by atoms with E-state index in [1.165, 1.54) is 12.1 Å². The maximum Gasteiger partial charge on any atom is 0.433 e. The molecule has 2 N–H and O–H groups in total. The van der Waals surface area contributed by atoms with E-state index in [2.05, 4.69) is 4.98 Å². The van der Waals surface area contributed by atoms with Gasteiger partial charge in [-0.25, -0.2) is 4.98 Å². The topological polar surface area (TPSA) is 65.2 Å². The predicted octanol–water partition coefficient (Wildman–Crippen LogP) is 5.96. The molecule has 0 spiro atoms. The zero-order valence-electron chi connectivity index (χ0n) is 17.0. The maximum absolute atomic E-state index is 12.7. The highest BCUT2D eigenvalue weighted by atomic mass is 19.4. The molecule has 0 radical (unpaired) electrons. The first kappa shape index (κ1) is 23.4. The van der Waals surface area contributed by atoms with Gasteiger partial charge in [0.25, 0.3) is 0 Å². The minimum atomic E-state index is -4.44. The van der Waals surface area contributed by atoms with Crippen LogP contribution in [0.5, 0.6) is 5.75 Å². The third-order valence-corrected chi connectivity index (χ3v) is 4.49. The lowest BCUT2D eigenvalue weighted by molar-refractivity contribution is -0.141. The van der Waals surface area contributed by atoms with Crippen molar-refractivity contribution in [1.29, 1.82) is 0 Å². The van der Waals surface area contributed by atoms with E-state index >= 15 is 0 Å². The maximum atomic E-state index is 12.7. The molecule has 0 atom stereocenters. The summed E-state index contributed by atoms with van der Waals surface area (Å²) in [5, 5.41) is 0.620. The molecule has 7 heteroatoms. The normalized spacial score (nSPS) is 12.6. The Hall–Kier alpha value is -2.83. The summed E-state index contributed by atoms with van der Waals surface area (Å²) in [7, 11) is 0. The molecule has 2 aromatic rings. The van der Waals surface area contributed by atoms with E-state index < -0.39 is 17.8 Å². The van der Waals surface area contributed by atoms with E-state index in [4.69, 9.17) is 10.5 Å². The molecule has 1 heterocycles. The number of aromatic nitrogens is 1. The van der Waals surface area contributed by atoms with Crippen LogP contribution in [-0.4, -0.2) is 17.5 Å². The summed E-state index contributed by atoms with van der Waals surface area (Å²) in [6.45, 7) is 2.41. The lowest BCUT2D eigenvalue weighted by Crippen LogP contribution is -2.07. The largest absolute Gasteiger partial charge is 0.494 e. The number of halogens is 3. The Morgan fingerprint density at radius 3 is 2.57 bits per heavy atom. The number of nitrogens with zero attached hydrogens (tertiary/aromatic N) is 1. The van der Waals surface area contributed by atoms with Crippen LogP contribution in [0.15, 0.2) is 54.1 Å². The number of unbranched alkanes of at least 4 members (excludes halogenated alkanes) is 5. The Bertz CT molecular complexity index is 905. The first-order chi connectivity index (χ1) is 14.3. The van der Waals surface area contributed by atoms with Gasteiger partial charge in [-0.2, -0.15) is 13.2 Å². The molecule has 0 saturated carbocycles. The van der Waals surface area contributed by atoms with E-state index in [-0.39, 0.29) is 0 Å². The summed E-state index contributed by atoms with van der Waals surface area (Å²) in [6.07, 6.45) is 7.14. The SMILES string of the molecule is CC(/C=C/CCCCCCCOc1ccc2nc(C(F)(F)F)ccc2c1)=C\C(N)=O. The van der Waals surface area contributed by atoms with Gasteiger partial charge in [-0.1, -0.05) is 37.5 Å². The number of hydrogen-bond donors (Lipinski definition) is 1. The van der Waals surface area contributed by atoms with Gasteiger partial charge in [0.1, 0.15) is 11.4 Å². The minimum absolute atomic E-state index is 0.298. The minimum Gasteiger partial charge on any atom is -0.494 e.